The fraction of sp³-hybridized carbons (Fsp3) is 0.190. The Morgan fingerprint density at radius 2 is 1.89 bits per heavy atom. The molecule has 0 bridgehead atoms. The number of benzene rings is 1. The normalized spacial score (nSPS) is 14.0. The Kier molecular flexibility index (Phi) is 6.34. The van der Waals surface area contributed by atoms with Gasteiger partial charge in [0.1, 0.15) is 5.82 Å². The lowest BCUT2D eigenvalue weighted by atomic mass is 10.1. The van der Waals surface area contributed by atoms with Crippen molar-refractivity contribution < 1.29 is 31.2 Å². The number of rotatable bonds is 4. The van der Waals surface area contributed by atoms with Gasteiger partial charge in [-0.15, -0.1) is 0 Å². The lowest BCUT2D eigenvalue weighted by molar-refractivity contribution is -0.137. The Bertz CT molecular complexity index is 1500. The van der Waals surface area contributed by atoms with Gasteiger partial charge in [0.2, 0.25) is 15.0 Å². The van der Waals surface area contributed by atoms with E-state index < -0.39 is 38.7 Å². The summed E-state index contributed by atoms with van der Waals surface area (Å²) < 4.78 is 62.5. The molecule has 0 aliphatic carbocycles. The average Bonchev–Trinajstić information content (AvgIpc) is 2.81. The highest BCUT2D eigenvalue weighted by Crippen LogP contribution is 2.34. The van der Waals surface area contributed by atoms with Crippen LogP contribution in [0.4, 0.5) is 35.2 Å². The zero-order chi connectivity index (χ0) is 26.4. The van der Waals surface area contributed by atoms with E-state index in [2.05, 4.69) is 20.3 Å². The number of sulfone groups is 1. The van der Waals surface area contributed by atoms with Gasteiger partial charge < -0.3 is 5.32 Å². The molecule has 1 aromatic carbocycles. The van der Waals surface area contributed by atoms with Crippen LogP contribution >= 0.6 is 11.6 Å². The van der Waals surface area contributed by atoms with Gasteiger partial charge in [0.15, 0.2) is 5.15 Å². The van der Waals surface area contributed by atoms with E-state index in [1.165, 1.54) is 36.5 Å². The van der Waals surface area contributed by atoms with Gasteiger partial charge in [-0.25, -0.2) is 28.2 Å². The summed E-state index contributed by atoms with van der Waals surface area (Å²) >= 11 is 6.21. The minimum Gasteiger partial charge on any atom is -0.321 e. The number of hydrogen-bond donors (Lipinski definition) is 1. The second-order valence-electron chi connectivity index (χ2n) is 7.77. The van der Waals surface area contributed by atoms with Crippen LogP contribution in [0.3, 0.4) is 0 Å². The van der Waals surface area contributed by atoms with Crippen LogP contribution in [0.25, 0.3) is 0 Å². The number of fused-ring (bicyclic) bond motifs is 1. The third-order valence-corrected chi connectivity index (χ3v) is 6.29. The predicted molar refractivity (Wildman–Crippen MR) is 124 cm³/mol. The molecular weight excluding hydrogens is 525 g/mol. The third-order valence-electron chi connectivity index (χ3n) is 5.14. The summed E-state index contributed by atoms with van der Waals surface area (Å²) in [6.45, 7) is -0.0883. The van der Waals surface area contributed by atoms with Crippen molar-refractivity contribution in [2.24, 2.45) is 0 Å². The monoisotopic (exact) mass is 540 g/mol. The Morgan fingerprint density at radius 1 is 1.17 bits per heavy atom. The molecule has 3 heterocycles. The maximum absolute atomic E-state index is 13.0. The van der Waals surface area contributed by atoms with Crippen molar-refractivity contribution in [3.63, 3.8) is 0 Å². The smallest absolute Gasteiger partial charge is 0.321 e. The minimum absolute atomic E-state index is 0.0711. The first-order valence-corrected chi connectivity index (χ1v) is 12.3. The summed E-state index contributed by atoms with van der Waals surface area (Å²) in [4.78, 5) is 39.7. The van der Waals surface area contributed by atoms with E-state index in [0.717, 1.165) is 23.3 Å². The number of nitrogens with zero attached hydrogens (tertiary/aromatic N) is 5. The number of amides is 3. The molecule has 188 valence electrons. The van der Waals surface area contributed by atoms with Crippen molar-refractivity contribution in [2.75, 3.05) is 28.4 Å². The molecule has 0 radical (unpaired) electrons. The van der Waals surface area contributed by atoms with E-state index >= 15 is 0 Å². The van der Waals surface area contributed by atoms with E-state index in [0.29, 0.717) is 11.6 Å². The van der Waals surface area contributed by atoms with E-state index in [1.807, 2.05) is 0 Å². The Hall–Kier alpha value is -3.78. The quantitative estimate of drug-likeness (QED) is 0.394. The number of nitrogens with one attached hydrogen (secondary N) is 1. The molecule has 1 aliphatic heterocycles. The first kappa shape index (κ1) is 25.3. The van der Waals surface area contributed by atoms with Crippen molar-refractivity contribution in [3.8, 4) is 0 Å². The maximum Gasteiger partial charge on any atom is 0.416 e. The molecule has 0 saturated carbocycles. The molecule has 2 aromatic heterocycles. The molecular formula is C21H16ClF3N6O4S. The Balaban J connectivity index is 1.63. The van der Waals surface area contributed by atoms with Crippen LogP contribution in [0.2, 0.25) is 5.15 Å². The molecule has 1 N–H and O–H groups in total. The number of aromatic nitrogens is 3. The zero-order valence-corrected chi connectivity index (χ0v) is 20.1. The lowest BCUT2D eigenvalue weighted by Crippen LogP contribution is -2.46. The molecule has 0 fully saturated rings. The number of carbonyl (C=O) groups excluding carboxylic acids is 2. The molecule has 36 heavy (non-hydrogen) atoms. The van der Waals surface area contributed by atoms with Gasteiger partial charge in [-0.3, -0.25) is 14.6 Å². The molecule has 0 atom stereocenters. The van der Waals surface area contributed by atoms with Gasteiger partial charge in [0, 0.05) is 30.6 Å². The van der Waals surface area contributed by atoms with E-state index in [4.69, 9.17) is 11.6 Å². The summed E-state index contributed by atoms with van der Waals surface area (Å²) in [5.41, 5.74) is -0.635. The number of hydrogen-bond acceptors (Lipinski definition) is 7. The van der Waals surface area contributed by atoms with Gasteiger partial charge in [-0.2, -0.15) is 13.2 Å². The van der Waals surface area contributed by atoms with Crippen LogP contribution in [-0.2, 0) is 22.6 Å². The number of halogens is 4. The van der Waals surface area contributed by atoms with Gasteiger partial charge in [0.25, 0.3) is 5.91 Å². The minimum atomic E-state index is -4.62. The largest absolute Gasteiger partial charge is 0.416 e. The molecule has 3 amide bonds. The SMILES string of the molecule is CN1C(=O)N(c2cc(NC(=O)c3cccc(C(F)(F)F)c3)cnc2Cl)Cc2cnc(S(C)(=O)=O)nc21. The van der Waals surface area contributed by atoms with Gasteiger partial charge in [-0.05, 0) is 24.3 Å². The van der Waals surface area contributed by atoms with Crippen LogP contribution in [-0.4, -0.2) is 48.6 Å². The number of carbonyl (C=O) groups is 2. The first-order valence-electron chi connectivity index (χ1n) is 10.0. The third kappa shape index (κ3) is 4.95. The fourth-order valence-electron chi connectivity index (χ4n) is 3.39. The van der Waals surface area contributed by atoms with Crippen molar-refractivity contribution >= 4 is 50.6 Å². The van der Waals surface area contributed by atoms with Crippen molar-refractivity contribution in [1.29, 1.82) is 0 Å². The van der Waals surface area contributed by atoms with Gasteiger partial charge in [-0.1, -0.05) is 17.7 Å². The van der Waals surface area contributed by atoms with E-state index in [1.54, 1.807) is 0 Å². The standard InChI is InChI=1S/C21H16ClF3N6O4S/c1-30-17-12(8-27-19(29-17)36(2,34)35)10-31(20(30)33)15-7-14(9-26-16(15)22)28-18(32)11-4-3-5-13(6-11)21(23,24)25/h3-9H,10H2,1-2H3,(H,28,32). The summed E-state index contributed by atoms with van der Waals surface area (Å²) in [6, 6.07) is 4.61. The zero-order valence-electron chi connectivity index (χ0n) is 18.5. The average molecular weight is 541 g/mol. The van der Waals surface area contributed by atoms with E-state index in [-0.39, 0.29) is 34.5 Å². The number of anilines is 3. The van der Waals surface area contributed by atoms with Crippen molar-refractivity contribution in [1.82, 2.24) is 15.0 Å². The summed E-state index contributed by atoms with van der Waals surface area (Å²) in [5.74, 6) is -0.727. The highest BCUT2D eigenvalue weighted by atomic mass is 35.5. The maximum atomic E-state index is 13.0. The predicted octanol–water partition coefficient (Wildman–Crippen LogP) is 3.78. The highest BCUT2D eigenvalue weighted by molar-refractivity contribution is 7.90. The molecule has 0 spiro atoms. The van der Waals surface area contributed by atoms with E-state index in [9.17, 15) is 31.2 Å². The topological polar surface area (TPSA) is 125 Å². The Morgan fingerprint density at radius 3 is 2.56 bits per heavy atom. The summed E-state index contributed by atoms with van der Waals surface area (Å²) in [6.07, 6.45) is -1.22. The molecule has 0 saturated heterocycles. The highest BCUT2D eigenvalue weighted by Gasteiger charge is 2.33. The molecule has 3 aromatic rings. The van der Waals surface area contributed by atoms with Crippen molar-refractivity contribution in [2.45, 2.75) is 17.9 Å². The molecule has 15 heteroatoms. The summed E-state index contributed by atoms with van der Waals surface area (Å²) in [7, 11) is -2.33. The number of alkyl halides is 3. The lowest BCUT2D eigenvalue weighted by Gasteiger charge is -2.34. The summed E-state index contributed by atoms with van der Waals surface area (Å²) in [5, 5.41) is 1.91. The van der Waals surface area contributed by atoms with Crippen LogP contribution in [0.15, 0.2) is 47.9 Å². The van der Waals surface area contributed by atoms with Crippen molar-refractivity contribution in [3.05, 3.63) is 64.6 Å². The Labute approximate surface area is 207 Å². The second kappa shape index (κ2) is 9.02. The van der Waals surface area contributed by atoms with Crippen LogP contribution in [0, 0.1) is 0 Å². The molecule has 4 rings (SSSR count). The van der Waals surface area contributed by atoms with Crippen LogP contribution in [0.5, 0.6) is 0 Å². The van der Waals surface area contributed by atoms with Crippen LogP contribution in [0.1, 0.15) is 21.5 Å². The fourth-order valence-corrected chi connectivity index (χ4v) is 4.10. The second-order valence-corrected chi connectivity index (χ2v) is 10.0. The number of pyridine rings is 1. The molecule has 10 nitrogen and oxygen atoms in total. The number of urea groups is 1. The molecule has 1 aliphatic rings. The molecule has 0 unspecified atom stereocenters. The van der Waals surface area contributed by atoms with Gasteiger partial charge in [0.05, 0.1) is 29.7 Å². The first-order chi connectivity index (χ1) is 16.8. The van der Waals surface area contributed by atoms with Gasteiger partial charge >= 0.3 is 12.2 Å². The van der Waals surface area contributed by atoms with Crippen LogP contribution < -0.4 is 15.1 Å².